The molecule has 2 rings (SSSR count). The van der Waals surface area contributed by atoms with E-state index in [1.54, 1.807) is 0 Å². The molecular weight excluding hydrogens is 250 g/mol. The van der Waals surface area contributed by atoms with Crippen LogP contribution in [0, 0.1) is 0 Å². The Kier molecular flexibility index (Phi) is 4.82. The molecule has 0 unspecified atom stereocenters. The summed E-state index contributed by atoms with van der Waals surface area (Å²) in [7, 11) is 0. The van der Waals surface area contributed by atoms with Crippen molar-refractivity contribution in [3.05, 3.63) is 48.3 Å². The Balaban J connectivity index is 1.93. The van der Waals surface area contributed by atoms with E-state index in [0.29, 0.717) is 5.69 Å². The first kappa shape index (κ1) is 14.2. The fourth-order valence-electron chi connectivity index (χ4n) is 1.96. The summed E-state index contributed by atoms with van der Waals surface area (Å²) in [5.41, 5.74) is 8.83. The molecule has 4 nitrogen and oxygen atoms in total. The number of hydrogen-bond donors (Lipinski definition) is 2. The minimum atomic E-state index is 0.140. The third kappa shape index (κ3) is 4.46. The minimum absolute atomic E-state index is 0.140. The zero-order valence-electron chi connectivity index (χ0n) is 12.0. The summed E-state index contributed by atoms with van der Waals surface area (Å²) in [6, 6.07) is 9.78. The van der Waals surface area contributed by atoms with Crippen molar-refractivity contribution in [3.63, 3.8) is 0 Å². The Bertz CT molecular complexity index is 541. The molecule has 0 amide bonds. The molecular formula is C16H21N3O. The van der Waals surface area contributed by atoms with Crippen molar-refractivity contribution in [1.82, 2.24) is 4.98 Å². The number of ether oxygens (including phenoxy) is 1. The summed E-state index contributed by atoms with van der Waals surface area (Å²) in [6.45, 7) is 4.84. The first-order valence-electron chi connectivity index (χ1n) is 6.83. The van der Waals surface area contributed by atoms with Gasteiger partial charge in [-0.2, -0.15) is 0 Å². The lowest BCUT2D eigenvalue weighted by atomic mass is 10.2. The molecule has 2 aromatic rings. The van der Waals surface area contributed by atoms with Crippen molar-refractivity contribution in [2.45, 2.75) is 26.4 Å². The zero-order valence-corrected chi connectivity index (χ0v) is 12.0. The van der Waals surface area contributed by atoms with Crippen molar-refractivity contribution in [3.8, 4) is 5.75 Å². The molecule has 0 saturated heterocycles. The van der Waals surface area contributed by atoms with Crippen molar-refractivity contribution >= 4 is 11.4 Å². The number of nitrogens with zero attached hydrogens (tertiary/aromatic N) is 1. The van der Waals surface area contributed by atoms with Gasteiger partial charge in [-0.05, 0) is 44.0 Å². The van der Waals surface area contributed by atoms with Crippen molar-refractivity contribution in [1.29, 1.82) is 0 Å². The van der Waals surface area contributed by atoms with Gasteiger partial charge < -0.3 is 15.8 Å². The highest BCUT2D eigenvalue weighted by Gasteiger charge is 2.02. The molecule has 0 aliphatic heterocycles. The van der Waals surface area contributed by atoms with Gasteiger partial charge in [0.25, 0.3) is 0 Å². The number of benzene rings is 1. The third-order valence-corrected chi connectivity index (χ3v) is 2.79. The van der Waals surface area contributed by atoms with E-state index in [-0.39, 0.29) is 6.10 Å². The van der Waals surface area contributed by atoms with E-state index in [9.17, 15) is 0 Å². The van der Waals surface area contributed by atoms with Crippen LogP contribution < -0.4 is 15.8 Å². The second-order valence-corrected chi connectivity index (χ2v) is 4.99. The maximum absolute atomic E-state index is 5.89. The van der Waals surface area contributed by atoms with Gasteiger partial charge in [0.05, 0.1) is 6.10 Å². The number of nitrogen functional groups attached to an aromatic ring is 1. The van der Waals surface area contributed by atoms with Gasteiger partial charge in [0.1, 0.15) is 5.75 Å². The van der Waals surface area contributed by atoms with Crippen LogP contribution in [0.5, 0.6) is 5.75 Å². The number of pyridine rings is 1. The van der Waals surface area contributed by atoms with E-state index in [0.717, 1.165) is 24.4 Å². The summed E-state index contributed by atoms with van der Waals surface area (Å²) >= 11 is 0. The first-order valence-corrected chi connectivity index (χ1v) is 6.83. The Morgan fingerprint density at radius 2 is 1.95 bits per heavy atom. The number of anilines is 2. The Morgan fingerprint density at radius 1 is 1.20 bits per heavy atom. The molecule has 0 radical (unpaired) electrons. The van der Waals surface area contributed by atoms with Gasteiger partial charge in [-0.25, -0.2) is 0 Å². The molecule has 1 heterocycles. The highest BCUT2D eigenvalue weighted by atomic mass is 16.5. The van der Waals surface area contributed by atoms with Gasteiger partial charge in [-0.15, -0.1) is 0 Å². The lowest BCUT2D eigenvalue weighted by Gasteiger charge is -2.13. The highest BCUT2D eigenvalue weighted by molar-refractivity contribution is 5.59. The van der Waals surface area contributed by atoms with Crippen LogP contribution in [-0.2, 0) is 6.42 Å². The van der Waals surface area contributed by atoms with Gasteiger partial charge >= 0.3 is 0 Å². The molecule has 0 saturated carbocycles. The molecule has 0 spiro atoms. The summed E-state index contributed by atoms with van der Waals surface area (Å²) in [5.74, 6) is 0.798. The molecule has 0 aliphatic rings. The van der Waals surface area contributed by atoms with Crippen LogP contribution in [0.3, 0.4) is 0 Å². The topological polar surface area (TPSA) is 60.2 Å². The number of nitrogens with one attached hydrogen (secondary N) is 1. The van der Waals surface area contributed by atoms with Crippen molar-refractivity contribution in [2.75, 3.05) is 17.6 Å². The lowest BCUT2D eigenvalue weighted by molar-refractivity contribution is 0.242. The SMILES string of the molecule is CC(C)Oc1cc(N)cc(NCCc2ccncc2)c1. The molecule has 0 aliphatic carbocycles. The average molecular weight is 271 g/mol. The molecule has 0 bridgehead atoms. The highest BCUT2D eigenvalue weighted by Crippen LogP contribution is 2.23. The Hall–Kier alpha value is -2.23. The van der Waals surface area contributed by atoms with Gasteiger partial charge in [-0.1, -0.05) is 0 Å². The standard InChI is InChI=1S/C16H21N3O/c1-12(2)20-16-10-14(17)9-15(11-16)19-8-5-13-3-6-18-7-4-13/h3-4,6-7,9-12,19H,5,8,17H2,1-2H3. The second-order valence-electron chi connectivity index (χ2n) is 4.99. The molecule has 0 fully saturated rings. The molecule has 0 atom stereocenters. The van der Waals surface area contributed by atoms with Crippen LogP contribution in [0.25, 0.3) is 0 Å². The smallest absolute Gasteiger partial charge is 0.123 e. The number of rotatable bonds is 6. The molecule has 106 valence electrons. The quantitative estimate of drug-likeness (QED) is 0.793. The maximum Gasteiger partial charge on any atom is 0.123 e. The van der Waals surface area contributed by atoms with Crippen LogP contribution >= 0.6 is 0 Å². The van der Waals surface area contributed by atoms with Crippen LogP contribution in [0.2, 0.25) is 0 Å². The largest absolute Gasteiger partial charge is 0.491 e. The summed E-state index contributed by atoms with van der Waals surface area (Å²) in [4.78, 5) is 4.01. The predicted octanol–water partition coefficient (Wildman–Crippen LogP) is 3.11. The molecule has 3 N–H and O–H groups in total. The average Bonchev–Trinajstić information content (AvgIpc) is 2.38. The van der Waals surface area contributed by atoms with Crippen molar-refractivity contribution in [2.24, 2.45) is 0 Å². The van der Waals surface area contributed by atoms with E-state index in [1.807, 2.05) is 56.6 Å². The van der Waals surface area contributed by atoms with E-state index in [2.05, 4.69) is 10.3 Å². The van der Waals surface area contributed by atoms with Crippen LogP contribution in [0.15, 0.2) is 42.7 Å². The Labute approximate surface area is 120 Å². The number of hydrogen-bond acceptors (Lipinski definition) is 4. The lowest BCUT2D eigenvalue weighted by Crippen LogP contribution is -2.08. The van der Waals surface area contributed by atoms with Gasteiger partial charge in [0.2, 0.25) is 0 Å². The van der Waals surface area contributed by atoms with Crippen LogP contribution in [0.1, 0.15) is 19.4 Å². The zero-order chi connectivity index (χ0) is 14.4. The van der Waals surface area contributed by atoms with Gasteiger partial charge in [0.15, 0.2) is 0 Å². The number of aromatic nitrogens is 1. The normalized spacial score (nSPS) is 10.6. The molecule has 1 aromatic carbocycles. The predicted molar refractivity (Wildman–Crippen MR) is 83.0 cm³/mol. The Morgan fingerprint density at radius 3 is 2.65 bits per heavy atom. The van der Waals surface area contributed by atoms with E-state index >= 15 is 0 Å². The van der Waals surface area contributed by atoms with E-state index in [1.165, 1.54) is 5.56 Å². The van der Waals surface area contributed by atoms with Gasteiger partial charge in [0, 0.05) is 42.4 Å². The fourth-order valence-corrected chi connectivity index (χ4v) is 1.96. The molecule has 4 heteroatoms. The molecule has 20 heavy (non-hydrogen) atoms. The van der Waals surface area contributed by atoms with Gasteiger partial charge in [-0.3, -0.25) is 4.98 Å². The van der Waals surface area contributed by atoms with E-state index < -0.39 is 0 Å². The summed E-state index contributed by atoms with van der Waals surface area (Å²) in [5, 5.41) is 3.37. The summed E-state index contributed by atoms with van der Waals surface area (Å²) in [6.07, 6.45) is 4.70. The fraction of sp³-hybridized carbons (Fsp3) is 0.312. The minimum Gasteiger partial charge on any atom is -0.491 e. The van der Waals surface area contributed by atoms with E-state index in [4.69, 9.17) is 10.5 Å². The maximum atomic E-state index is 5.89. The third-order valence-electron chi connectivity index (χ3n) is 2.79. The van der Waals surface area contributed by atoms with Crippen LogP contribution in [0.4, 0.5) is 11.4 Å². The second kappa shape index (κ2) is 6.80. The molecule has 1 aromatic heterocycles. The first-order chi connectivity index (χ1) is 9.63. The summed E-state index contributed by atoms with van der Waals surface area (Å²) < 4.78 is 5.67. The monoisotopic (exact) mass is 271 g/mol. The van der Waals surface area contributed by atoms with Crippen LogP contribution in [-0.4, -0.2) is 17.6 Å². The number of nitrogens with two attached hydrogens (primary N) is 1. The van der Waals surface area contributed by atoms with Crippen molar-refractivity contribution < 1.29 is 4.74 Å².